The first-order valence-corrected chi connectivity index (χ1v) is 4.86. The van der Waals surface area contributed by atoms with Crippen molar-refractivity contribution in [1.82, 2.24) is 0 Å². The average molecular weight is 286 g/mol. The second-order valence-corrected chi connectivity index (χ2v) is 3.67. The third kappa shape index (κ3) is 2.99. The van der Waals surface area contributed by atoms with Crippen molar-refractivity contribution in [1.29, 1.82) is 0 Å². The van der Waals surface area contributed by atoms with Crippen molar-refractivity contribution in [3.8, 4) is 0 Å². The van der Waals surface area contributed by atoms with Gasteiger partial charge < -0.3 is 4.74 Å². The summed E-state index contributed by atoms with van der Waals surface area (Å²) in [5, 5.41) is 0. The van der Waals surface area contributed by atoms with E-state index in [1.165, 1.54) is 0 Å². The van der Waals surface area contributed by atoms with Gasteiger partial charge in [-0.3, -0.25) is 0 Å². The van der Waals surface area contributed by atoms with E-state index in [0.29, 0.717) is 6.07 Å². The van der Waals surface area contributed by atoms with Crippen LogP contribution in [0, 0.1) is 6.92 Å². The van der Waals surface area contributed by atoms with Gasteiger partial charge in [0.05, 0.1) is 23.8 Å². The molecule has 0 aromatic heterocycles. The zero-order valence-corrected chi connectivity index (χ0v) is 9.74. The second-order valence-electron chi connectivity index (χ2n) is 3.67. The molecule has 0 atom stereocenters. The highest BCUT2D eigenvalue weighted by molar-refractivity contribution is 5.92. The van der Waals surface area contributed by atoms with Gasteiger partial charge in [-0.15, -0.1) is 0 Å². The maximum atomic E-state index is 12.8. The summed E-state index contributed by atoms with van der Waals surface area (Å²) in [5.74, 6) is -1.47. The van der Waals surface area contributed by atoms with E-state index < -0.39 is 40.6 Å². The monoisotopic (exact) mass is 286 g/mol. The topological polar surface area (TPSA) is 26.3 Å². The molecule has 0 aliphatic rings. The molecule has 2 nitrogen and oxygen atoms in total. The number of rotatable bonds is 1. The van der Waals surface area contributed by atoms with Crippen molar-refractivity contribution < 1.29 is 35.9 Å². The Hall–Kier alpha value is -1.73. The molecule has 1 aromatic rings. The van der Waals surface area contributed by atoms with Crippen molar-refractivity contribution >= 4 is 5.97 Å². The van der Waals surface area contributed by atoms with Gasteiger partial charge in [0, 0.05) is 0 Å². The van der Waals surface area contributed by atoms with Crippen molar-refractivity contribution in [2.75, 3.05) is 7.11 Å². The van der Waals surface area contributed by atoms with Crippen molar-refractivity contribution in [2.45, 2.75) is 19.3 Å². The summed E-state index contributed by atoms with van der Waals surface area (Å²) in [4.78, 5) is 11.2. The van der Waals surface area contributed by atoms with E-state index in [-0.39, 0.29) is 0 Å². The molecular formula is C11H8F6O2. The number of aryl methyl sites for hydroxylation is 1. The summed E-state index contributed by atoms with van der Waals surface area (Å²) in [6, 6.07) is 1.46. The summed E-state index contributed by atoms with van der Waals surface area (Å²) in [6.45, 7) is 0.888. The van der Waals surface area contributed by atoms with Crippen LogP contribution in [0.4, 0.5) is 26.3 Å². The minimum Gasteiger partial charge on any atom is -0.465 e. The van der Waals surface area contributed by atoms with Crippen LogP contribution < -0.4 is 0 Å². The molecule has 0 saturated carbocycles. The van der Waals surface area contributed by atoms with Crippen LogP contribution in [0.3, 0.4) is 0 Å². The van der Waals surface area contributed by atoms with Gasteiger partial charge >= 0.3 is 18.3 Å². The highest BCUT2D eigenvalue weighted by Crippen LogP contribution is 2.43. The molecule has 0 aliphatic heterocycles. The summed E-state index contributed by atoms with van der Waals surface area (Å²) < 4.78 is 80.7. The third-order valence-corrected chi connectivity index (χ3v) is 2.39. The molecule has 0 aliphatic carbocycles. The lowest BCUT2D eigenvalue weighted by molar-refractivity contribution is -0.162. The molecule has 0 fully saturated rings. The number of carbonyl (C=O) groups excluding carboxylic acids is 1. The van der Waals surface area contributed by atoms with Gasteiger partial charge in [-0.25, -0.2) is 4.79 Å². The number of hydrogen-bond acceptors (Lipinski definition) is 2. The van der Waals surface area contributed by atoms with Crippen LogP contribution >= 0.6 is 0 Å². The quantitative estimate of drug-likeness (QED) is 0.579. The van der Waals surface area contributed by atoms with E-state index in [4.69, 9.17) is 0 Å². The maximum absolute atomic E-state index is 12.8. The predicted octanol–water partition coefficient (Wildman–Crippen LogP) is 3.82. The molecule has 0 heterocycles. The first kappa shape index (κ1) is 15.3. The smallest absolute Gasteiger partial charge is 0.417 e. The number of benzene rings is 1. The van der Waals surface area contributed by atoms with Gasteiger partial charge in [-0.05, 0) is 18.6 Å². The number of ether oxygens (including phenoxy) is 1. The fourth-order valence-corrected chi connectivity index (χ4v) is 1.65. The number of halogens is 6. The minimum atomic E-state index is -5.32. The standard InChI is InChI=1S/C11H8F6O2/c1-5-3-4-6(9(18)19-2)8(11(15,16)17)7(5)10(12,13)14/h3-4H,1-2H3. The Kier molecular flexibility index (Phi) is 3.83. The number of carbonyl (C=O) groups is 1. The largest absolute Gasteiger partial charge is 0.465 e. The Balaban J connectivity index is 3.76. The zero-order valence-electron chi connectivity index (χ0n) is 9.74. The lowest BCUT2D eigenvalue weighted by Gasteiger charge is -2.20. The van der Waals surface area contributed by atoms with Crippen LogP contribution in [-0.2, 0) is 17.1 Å². The fourth-order valence-electron chi connectivity index (χ4n) is 1.65. The van der Waals surface area contributed by atoms with Gasteiger partial charge in [-0.1, -0.05) is 6.07 Å². The molecule has 0 radical (unpaired) electrons. The van der Waals surface area contributed by atoms with Crippen molar-refractivity contribution in [3.05, 3.63) is 34.4 Å². The van der Waals surface area contributed by atoms with E-state index in [0.717, 1.165) is 20.1 Å². The van der Waals surface area contributed by atoms with Gasteiger partial charge in [0.15, 0.2) is 0 Å². The number of hydrogen-bond donors (Lipinski definition) is 0. The number of alkyl halides is 6. The SMILES string of the molecule is COC(=O)c1ccc(C)c(C(F)(F)F)c1C(F)(F)F. The van der Waals surface area contributed by atoms with Gasteiger partial charge in [-0.2, -0.15) is 26.3 Å². The van der Waals surface area contributed by atoms with Crippen LogP contribution in [-0.4, -0.2) is 13.1 Å². The first-order chi connectivity index (χ1) is 8.50. The molecule has 0 saturated heterocycles. The molecule has 0 unspecified atom stereocenters. The molecule has 0 spiro atoms. The lowest BCUT2D eigenvalue weighted by atomic mass is 9.95. The molecular weight excluding hydrogens is 278 g/mol. The molecule has 0 amide bonds. The van der Waals surface area contributed by atoms with Gasteiger partial charge in [0.25, 0.3) is 0 Å². The van der Waals surface area contributed by atoms with E-state index in [1.807, 2.05) is 0 Å². The van der Waals surface area contributed by atoms with E-state index in [1.54, 1.807) is 0 Å². The highest BCUT2D eigenvalue weighted by Gasteiger charge is 2.47. The van der Waals surface area contributed by atoms with Crippen molar-refractivity contribution in [2.24, 2.45) is 0 Å². The minimum absolute atomic E-state index is 0.618. The Morgan fingerprint density at radius 2 is 1.47 bits per heavy atom. The normalized spacial score (nSPS) is 12.4. The van der Waals surface area contributed by atoms with E-state index >= 15 is 0 Å². The average Bonchev–Trinajstić information content (AvgIpc) is 2.24. The Labute approximate surface area is 104 Å². The molecule has 19 heavy (non-hydrogen) atoms. The van der Waals surface area contributed by atoms with Crippen LogP contribution in [0.2, 0.25) is 0 Å². The summed E-state index contributed by atoms with van der Waals surface area (Å²) in [5.41, 5.74) is -5.67. The summed E-state index contributed by atoms with van der Waals surface area (Å²) in [7, 11) is 0.787. The number of methoxy groups -OCH3 is 1. The number of esters is 1. The zero-order chi connectivity index (χ0) is 15.0. The van der Waals surface area contributed by atoms with Gasteiger partial charge in [0.1, 0.15) is 0 Å². The molecule has 0 N–H and O–H groups in total. The Bertz CT molecular complexity index is 501. The first-order valence-electron chi connectivity index (χ1n) is 4.86. The highest BCUT2D eigenvalue weighted by atomic mass is 19.4. The van der Waals surface area contributed by atoms with Gasteiger partial charge in [0.2, 0.25) is 0 Å². The summed E-state index contributed by atoms with van der Waals surface area (Å²) >= 11 is 0. The van der Waals surface area contributed by atoms with Crippen LogP contribution in [0.15, 0.2) is 12.1 Å². The Morgan fingerprint density at radius 3 is 1.84 bits per heavy atom. The molecule has 0 bridgehead atoms. The van der Waals surface area contributed by atoms with Crippen molar-refractivity contribution in [3.63, 3.8) is 0 Å². The predicted molar refractivity (Wildman–Crippen MR) is 52.5 cm³/mol. The van der Waals surface area contributed by atoms with Crippen LogP contribution in [0.1, 0.15) is 27.0 Å². The van der Waals surface area contributed by atoms with E-state index in [9.17, 15) is 31.1 Å². The lowest BCUT2D eigenvalue weighted by Crippen LogP contribution is -2.22. The van der Waals surface area contributed by atoms with E-state index in [2.05, 4.69) is 4.74 Å². The molecule has 106 valence electrons. The molecule has 1 aromatic carbocycles. The molecule has 1 rings (SSSR count). The Morgan fingerprint density at radius 1 is 1.00 bits per heavy atom. The summed E-state index contributed by atoms with van der Waals surface area (Å²) in [6.07, 6.45) is -10.5. The fraction of sp³-hybridized carbons (Fsp3) is 0.364. The third-order valence-electron chi connectivity index (χ3n) is 2.39. The van der Waals surface area contributed by atoms with Crippen LogP contribution in [0.5, 0.6) is 0 Å². The molecule has 8 heteroatoms. The maximum Gasteiger partial charge on any atom is 0.417 e. The van der Waals surface area contributed by atoms with Crippen LogP contribution in [0.25, 0.3) is 0 Å². The second kappa shape index (κ2) is 4.75.